The molecule has 4 heteroatoms. The molecule has 0 bridgehead atoms. The second-order valence-corrected chi connectivity index (χ2v) is 8.35. The number of hydrogen-bond acceptors (Lipinski definition) is 1. The summed E-state index contributed by atoms with van der Waals surface area (Å²) in [5, 5.41) is 0. The number of hydrogen-bond donors (Lipinski definition) is 0. The van der Waals surface area contributed by atoms with Crippen molar-refractivity contribution in [2.24, 2.45) is 0 Å². The van der Waals surface area contributed by atoms with Crippen molar-refractivity contribution in [2.75, 3.05) is 0 Å². The Morgan fingerprint density at radius 1 is 0.781 bits per heavy atom. The van der Waals surface area contributed by atoms with E-state index in [0.29, 0.717) is 48.8 Å². The molecule has 0 N–H and O–H groups in total. The summed E-state index contributed by atoms with van der Waals surface area (Å²) < 4.78 is 50.0. The number of fused-ring (bicyclic) bond motifs is 2. The normalized spacial score (nSPS) is 12.1. The highest BCUT2D eigenvalue weighted by molar-refractivity contribution is 5.53. The molecular formula is C28H27F3O. The Balaban J connectivity index is 1.54. The Hall–Kier alpha value is -3.01. The lowest BCUT2D eigenvalue weighted by atomic mass is 9.94. The fourth-order valence-corrected chi connectivity index (χ4v) is 4.23. The molecule has 1 aliphatic heterocycles. The van der Waals surface area contributed by atoms with Crippen LogP contribution in [0.3, 0.4) is 0 Å². The van der Waals surface area contributed by atoms with Crippen molar-refractivity contribution >= 4 is 0 Å². The topological polar surface area (TPSA) is 9.23 Å². The largest absolute Gasteiger partial charge is 0.450 e. The van der Waals surface area contributed by atoms with Crippen LogP contribution in [0.2, 0.25) is 0 Å². The predicted octanol–water partition coefficient (Wildman–Crippen LogP) is 7.66. The van der Waals surface area contributed by atoms with E-state index >= 15 is 4.39 Å². The molecule has 3 aromatic rings. The third kappa shape index (κ3) is 4.45. The molecule has 1 heterocycles. The number of aryl methyl sites for hydroxylation is 4. The number of benzene rings is 3. The average molecular weight is 437 g/mol. The van der Waals surface area contributed by atoms with Crippen LogP contribution >= 0.6 is 0 Å². The van der Waals surface area contributed by atoms with Gasteiger partial charge in [0.25, 0.3) is 0 Å². The second kappa shape index (κ2) is 9.64. The van der Waals surface area contributed by atoms with Gasteiger partial charge in [0.2, 0.25) is 5.82 Å². The van der Waals surface area contributed by atoms with E-state index in [0.717, 1.165) is 18.4 Å². The van der Waals surface area contributed by atoms with Gasteiger partial charge in [-0.15, -0.1) is 6.58 Å². The van der Waals surface area contributed by atoms with Crippen molar-refractivity contribution in [1.29, 1.82) is 0 Å². The third-order valence-corrected chi connectivity index (χ3v) is 6.02. The zero-order valence-electron chi connectivity index (χ0n) is 18.3. The molecule has 166 valence electrons. The van der Waals surface area contributed by atoms with E-state index in [1.54, 1.807) is 18.2 Å². The Morgan fingerprint density at radius 3 is 2.16 bits per heavy atom. The van der Waals surface area contributed by atoms with Gasteiger partial charge in [0.15, 0.2) is 23.1 Å². The summed E-state index contributed by atoms with van der Waals surface area (Å²) in [5.74, 6) is -2.68. The van der Waals surface area contributed by atoms with E-state index in [-0.39, 0.29) is 17.1 Å². The van der Waals surface area contributed by atoms with Gasteiger partial charge in [-0.05, 0) is 60.4 Å². The number of ether oxygens (including phenoxy) is 1. The van der Waals surface area contributed by atoms with Crippen LogP contribution in [0.5, 0.6) is 11.5 Å². The smallest absolute Gasteiger partial charge is 0.201 e. The molecule has 0 unspecified atom stereocenters. The van der Waals surface area contributed by atoms with Gasteiger partial charge in [-0.3, -0.25) is 0 Å². The Morgan fingerprint density at radius 2 is 1.47 bits per heavy atom. The van der Waals surface area contributed by atoms with Gasteiger partial charge in [0.1, 0.15) is 0 Å². The Labute approximate surface area is 187 Å². The van der Waals surface area contributed by atoms with Crippen molar-refractivity contribution in [1.82, 2.24) is 0 Å². The summed E-state index contributed by atoms with van der Waals surface area (Å²) in [6.07, 6.45) is 6.21. The summed E-state index contributed by atoms with van der Waals surface area (Å²) in [5.41, 5.74) is 4.40. The zero-order valence-corrected chi connectivity index (χ0v) is 18.3. The van der Waals surface area contributed by atoms with Crippen molar-refractivity contribution in [2.45, 2.75) is 51.9 Å². The summed E-state index contributed by atoms with van der Waals surface area (Å²) in [6.45, 7) is 5.77. The molecule has 3 aromatic carbocycles. The minimum Gasteiger partial charge on any atom is -0.450 e. The van der Waals surface area contributed by atoms with Gasteiger partial charge in [0.05, 0.1) is 0 Å². The quantitative estimate of drug-likeness (QED) is 0.258. The molecule has 32 heavy (non-hydrogen) atoms. The maximum atomic E-state index is 15.2. The summed E-state index contributed by atoms with van der Waals surface area (Å²) in [7, 11) is 0. The van der Waals surface area contributed by atoms with Gasteiger partial charge in [-0.2, -0.15) is 4.39 Å². The van der Waals surface area contributed by atoms with E-state index in [1.807, 2.05) is 6.07 Å². The molecule has 0 aliphatic carbocycles. The fourth-order valence-electron chi connectivity index (χ4n) is 4.23. The molecule has 0 atom stereocenters. The molecule has 0 saturated heterocycles. The van der Waals surface area contributed by atoms with Crippen LogP contribution in [0, 0.1) is 17.5 Å². The molecular weight excluding hydrogens is 409 g/mol. The molecule has 0 spiro atoms. The first-order valence-corrected chi connectivity index (χ1v) is 11.2. The maximum absolute atomic E-state index is 15.2. The molecule has 0 aromatic heterocycles. The van der Waals surface area contributed by atoms with Crippen molar-refractivity contribution in [3.05, 3.63) is 106 Å². The lowest BCUT2D eigenvalue weighted by Crippen LogP contribution is -2.11. The second-order valence-electron chi connectivity index (χ2n) is 8.35. The maximum Gasteiger partial charge on any atom is 0.201 e. The molecule has 0 saturated carbocycles. The van der Waals surface area contributed by atoms with Crippen LogP contribution in [0.25, 0.3) is 0 Å². The van der Waals surface area contributed by atoms with E-state index in [4.69, 9.17) is 4.74 Å². The minimum absolute atomic E-state index is 0.00503. The van der Waals surface area contributed by atoms with Crippen LogP contribution < -0.4 is 4.74 Å². The Bertz CT molecular complexity index is 1130. The summed E-state index contributed by atoms with van der Waals surface area (Å²) >= 11 is 0. The van der Waals surface area contributed by atoms with E-state index in [9.17, 15) is 8.78 Å². The first-order chi connectivity index (χ1) is 15.5. The SMILES string of the molecule is C=CCCc1cc2c(c(F)c1F)Oc1c(ccc(CCc3ccc(CCC)cc3)c1F)C2. The van der Waals surface area contributed by atoms with Gasteiger partial charge < -0.3 is 4.74 Å². The van der Waals surface area contributed by atoms with Crippen LogP contribution in [0.15, 0.2) is 55.1 Å². The Kier molecular flexibility index (Phi) is 6.69. The minimum atomic E-state index is -1.05. The van der Waals surface area contributed by atoms with Crippen LogP contribution in [0.1, 0.15) is 53.1 Å². The van der Waals surface area contributed by atoms with Crippen LogP contribution in [-0.2, 0) is 32.1 Å². The number of rotatable bonds is 8. The summed E-state index contributed by atoms with van der Waals surface area (Å²) in [4.78, 5) is 0. The first kappa shape index (κ1) is 22.2. The highest BCUT2D eigenvalue weighted by Gasteiger charge is 2.28. The van der Waals surface area contributed by atoms with Crippen LogP contribution in [-0.4, -0.2) is 0 Å². The van der Waals surface area contributed by atoms with Crippen LogP contribution in [0.4, 0.5) is 13.2 Å². The van der Waals surface area contributed by atoms with Gasteiger partial charge in [-0.25, -0.2) is 8.78 Å². The standard InChI is InChI=1S/C28H27F3O/c1-3-5-7-21-16-23-17-22-15-14-20(13-12-19-10-8-18(6-4-2)9-11-19)25(30)27(22)32-28(23)26(31)24(21)29/h3,8-11,14-16H,1,4-7,12-13,17H2,2H3. The van der Waals surface area contributed by atoms with Crippen molar-refractivity contribution < 1.29 is 17.9 Å². The lowest BCUT2D eigenvalue weighted by molar-refractivity contribution is 0.377. The summed E-state index contributed by atoms with van der Waals surface area (Å²) in [6, 6.07) is 13.6. The van der Waals surface area contributed by atoms with Gasteiger partial charge in [0, 0.05) is 17.5 Å². The highest BCUT2D eigenvalue weighted by Crippen LogP contribution is 2.42. The average Bonchev–Trinajstić information content (AvgIpc) is 2.80. The molecule has 0 fully saturated rings. The molecule has 0 radical (unpaired) electrons. The molecule has 1 aliphatic rings. The van der Waals surface area contributed by atoms with E-state index < -0.39 is 17.5 Å². The zero-order chi connectivity index (χ0) is 22.7. The molecule has 1 nitrogen and oxygen atoms in total. The van der Waals surface area contributed by atoms with E-state index in [1.165, 1.54) is 5.56 Å². The van der Waals surface area contributed by atoms with Gasteiger partial charge in [-0.1, -0.05) is 55.8 Å². The number of allylic oxidation sites excluding steroid dienone is 1. The lowest BCUT2D eigenvalue weighted by Gasteiger charge is -2.23. The monoisotopic (exact) mass is 436 g/mol. The van der Waals surface area contributed by atoms with Gasteiger partial charge >= 0.3 is 0 Å². The third-order valence-electron chi connectivity index (χ3n) is 6.02. The fraction of sp³-hybridized carbons (Fsp3) is 0.286. The first-order valence-electron chi connectivity index (χ1n) is 11.2. The highest BCUT2D eigenvalue weighted by atomic mass is 19.2. The van der Waals surface area contributed by atoms with Crippen molar-refractivity contribution in [3.8, 4) is 11.5 Å². The molecule has 0 amide bonds. The van der Waals surface area contributed by atoms with E-state index in [2.05, 4.69) is 37.8 Å². The number of halogens is 3. The van der Waals surface area contributed by atoms with Crippen molar-refractivity contribution in [3.63, 3.8) is 0 Å². The molecule has 4 rings (SSSR count). The predicted molar refractivity (Wildman–Crippen MR) is 122 cm³/mol.